The fourth-order valence-electron chi connectivity index (χ4n) is 1.61. The SMILES string of the molecule is O=C(O)CCn1nncc1Cc1ccccc1. The average Bonchev–Trinajstić information content (AvgIpc) is 2.75. The van der Waals surface area contributed by atoms with Crippen LogP contribution >= 0.6 is 0 Å². The van der Waals surface area contributed by atoms with E-state index in [4.69, 9.17) is 5.11 Å². The standard InChI is InChI=1S/C12H13N3O2/c16-12(17)6-7-15-11(9-13-14-15)8-10-4-2-1-3-5-10/h1-5,9H,6-8H2,(H,16,17). The zero-order valence-electron chi connectivity index (χ0n) is 9.28. The van der Waals surface area contributed by atoms with Crippen molar-refractivity contribution in [1.29, 1.82) is 0 Å². The number of rotatable bonds is 5. The van der Waals surface area contributed by atoms with Crippen LogP contribution in [0.5, 0.6) is 0 Å². The summed E-state index contributed by atoms with van der Waals surface area (Å²) in [5.74, 6) is -0.828. The molecule has 0 saturated heterocycles. The second-order valence-corrected chi connectivity index (χ2v) is 3.75. The molecular formula is C12H13N3O2. The first-order chi connectivity index (χ1) is 8.25. The van der Waals surface area contributed by atoms with Crippen molar-refractivity contribution in [3.8, 4) is 0 Å². The predicted octanol–water partition coefficient (Wildman–Crippen LogP) is 1.34. The Kier molecular flexibility index (Phi) is 3.49. The molecule has 2 rings (SSSR count). The summed E-state index contributed by atoms with van der Waals surface area (Å²) in [6.45, 7) is 0.359. The van der Waals surface area contributed by atoms with Crippen molar-refractivity contribution in [3.63, 3.8) is 0 Å². The maximum Gasteiger partial charge on any atom is 0.305 e. The molecule has 0 radical (unpaired) electrons. The molecule has 2 aromatic rings. The van der Waals surface area contributed by atoms with Crippen molar-refractivity contribution < 1.29 is 9.90 Å². The number of hydrogen-bond donors (Lipinski definition) is 1. The zero-order chi connectivity index (χ0) is 12.1. The number of nitrogens with zero attached hydrogens (tertiary/aromatic N) is 3. The van der Waals surface area contributed by atoms with E-state index in [1.165, 1.54) is 0 Å². The van der Waals surface area contributed by atoms with Gasteiger partial charge in [0.05, 0.1) is 24.9 Å². The van der Waals surface area contributed by atoms with Gasteiger partial charge in [-0.15, -0.1) is 5.10 Å². The number of carbonyl (C=O) groups is 1. The van der Waals surface area contributed by atoms with Gasteiger partial charge in [-0.2, -0.15) is 0 Å². The van der Waals surface area contributed by atoms with Crippen molar-refractivity contribution in [3.05, 3.63) is 47.8 Å². The number of aromatic nitrogens is 3. The van der Waals surface area contributed by atoms with Gasteiger partial charge in [-0.25, -0.2) is 4.68 Å². The molecule has 0 bridgehead atoms. The van der Waals surface area contributed by atoms with Crippen LogP contribution in [-0.4, -0.2) is 26.1 Å². The molecule has 0 aliphatic heterocycles. The molecule has 1 heterocycles. The van der Waals surface area contributed by atoms with Gasteiger partial charge in [-0.05, 0) is 5.56 Å². The van der Waals surface area contributed by atoms with E-state index >= 15 is 0 Å². The summed E-state index contributed by atoms with van der Waals surface area (Å²) in [7, 11) is 0. The molecule has 0 aliphatic carbocycles. The Labute approximate surface area is 98.7 Å². The van der Waals surface area contributed by atoms with Gasteiger partial charge in [0.1, 0.15) is 0 Å². The van der Waals surface area contributed by atoms with E-state index in [2.05, 4.69) is 10.3 Å². The van der Waals surface area contributed by atoms with E-state index in [0.29, 0.717) is 13.0 Å². The van der Waals surface area contributed by atoms with Crippen molar-refractivity contribution in [2.24, 2.45) is 0 Å². The Morgan fingerprint density at radius 3 is 2.76 bits per heavy atom. The van der Waals surface area contributed by atoms with E-state index in [9.17, 15) is 4.79 Å². The van der Waals surface area contributed by atoms with Crippen LogP contribution < -0.4 is 0 Å². The minimum absolute atomic E-state index is 0.0607. The highest BCUT2D eigenvalue weighted by molar-refractivity contribution is 5.66. The number of carboxylic acids is 1. The van der Waals surface area contributed by atoms with Gasteiger partial charge >= 0.3 is 5.97 Å². The van der Waals surface area contributed by atoms with Crippen molar-refractivity contribution in [2.75, 3.05) is 0 Å². The molecule has 0 saturated carbocycles. The monoisotopic (exact) mass is 231 g/mol. The molecular weight excluding hydrogens is 218 g/mol. The highest BCUT2D eigenvalue weighted by Gasteiger charge is 2.06. The van der Waals surface area contributed by atoms with E-state index in [-0.39, 0.29) is 6.42 Å². The molecule has 88 valence electrons. The Balaban J connectivity index is 2.06. The molecule has 0 amide bonds. The van der Waals surface area contributed by atoms with Crippen LogP contribution in [0.3, 0.4) is 0 Å². The summed E-state index contributed by atoms with van der Waals surface area (Å²) in [5.41, 5.74) is 2.09. The molecule has 1 N–H and O–H groups in total. The van der Waals surface area contributed by atoms with Crippen LogP contribution in [0, 0.1) is 0 Å². The van der Waals surface area contributed by atoms with E-state index < -0.39 is 5.97 Å². The summed E-state index contributed by atoms with van der Waals surface area (Å²) in [6, 6.07) is 9.95. The van der Waals surface area contributed by atoms with Crippen molar-refractivity contribution >= 4 is 5.97 Å². The first kappa shape index (κ1) is 11.3. The van der Waals surface area contributed by atoms with Gasteiger partial charge in [0.2, 0.25) is 0 Å². The Morgan fingerprint density at radius 1 is 1.29 bits per heavy atom. The predicted molar refractivity (Wildman–Crippen MR) is 61.5 cm³/mol. The largest absolute Gasteiger partial charge is 0.481 e. The highest BCUT2D eigenvalue weighted by atomic mass is 16.4. The molecule has 1 aromatic carbocycles. The normalized spacial score (nSPS) is 10.4. The molecule has 1 aromatic heterocycles. The third-order valence-corrected chi connectivity index (χ3v) is 2.46. The summed E-state index contributed by atoms with van der Waals surface area (Å²) in [4.78, 5) is 10.5. The molecule has 0 atom stereocenters. The van der Waals surface area contributed by atoms with Crippen LogP contribution in [0.1, 0.15) is 17.7 Å². The first-order valence-corrected chi connectivity index (χ1v) is 5.39. The van der Waals surface area contributed by atoms with Crippen LogP contribution in [0.2, 0.25) is 0 Å². The number of aliphatic carboxylic acids is 1. The lowest BCUT2D eigenvalue weighted by molar-refractivity contribution is -0.137. The minimum Gasteiger partial charge on any atom is -0.481 e. The Bertz CT molecular complexity index is 493. The lowest BCUT2D eigenvalue weighted by atomic mass is 10.1. The van der Waals surface area contributed by atoms with E-state index in [0.717, 1.165) is 11.3 Å². The Morgan fingerprint density at radius 2 is 2.06 bits per heavy atom. The maximum absolute atomic E-state index is 10.5. The summed E-state index contributed by atoms with van der Waals surface area (Å²) >= 11 is 0. The Hall–Kier alpha value is -2.17. The van der Waals surface area contributed by atoms with Crippen LogP contribution in [0.25, 0.3) is 0 Å². The summed E-state index contributed by atoms with van der Waals surface area (Å²) < 4.78 is 1.64. The van der Waals surface area contributed by atoms with Gasteiger partial charge in [-0.1, -0.05) is 35.5 Å². The topological polar surface area (TPSA) is 68.0 Å². The molecule has 5 nitrogen and oxygen atoms in total. The molecule has 0 fully saturated rings. The van der Waals surface area contributed by atoms with Crippen LogP contribution in [0.15, 0.2) is 36.5 Å². The quantitative estimate of drug-likeness (QED) is 0.843. The van der Waals surface area contributed by atoms with Crippen LogP contribution in [0.4, 0.5) is 0 Å². The second kappa shape index (κ2) is 5.25. The van der Waals surface area contributed by atoms with Crippen LogP contribution in [-0.2, 0) is 17.8 Å². The van der Waals surface area contributed by atoms with Gasteiger partial charge in [0, 0.05) is 6.42 Å². The number of benzene rings is 1. The molecule has 0 unspecified atom stereocenters. The minimum atomic E-state index is -0.828. The average molecular weight is 231 g/mol. The molecule has 0 aliphatic rings. The van der Waals surface area contributed by atoms with E-state index in [1.807, 2.05) is 30.3 Å². The maximum atomic E-state index is 10.5. The molecule has 0 spiro atoms. The van der Waals surface area contributed by atoms with Gasteiger partial charge < -0.3 is 5.11 Å². The number of aryl methyl sites for hydroxylation is 1. The fraction of sp³-hybridized carbons (Fsp3) is 0.250. The number of hydrogen-bond acceptors (Lipinski definition) is 3. The third-order valence-electron chi connectivity index (χ3n) is 2.46. The summed E-state index contributed by atoms with van der Waals surface area (Å²) in [6.07, 6.45) is 2.45. The highest BCUT2D eigenvalue weighted by Crippen LogP contribution is 2.08. The second-order valence-electron chi connectivity index (χ2n) is 3.75. The smallest absolute Gasteiger partial charge is 0.305 e. The van der Waals surface area contributed by atoms with Gasteiger partial charge in [0.25, 0.3) is 0 Å². The fourth-order valence-corrected chi connectivity index (χ4v) is 1.61. The zero-order valence-corrected chi connectivity index (χ0v) is 9.28. The van der Waals surface area contributed by atoms with Crippen molar-refractivity contribution in [2.45, 2.75) is 19.4 Å². The lowest BCUT2D eigenvalue weighted by Gasteiger charge is -2.04. The van der Waals surface area contributed by atoms with Gasteiger partial charge in [-0.3, -0.25) is 4.79 Å². The lowest BCUT2D eigenvalue weighted by Crippen LogP contribution is -2.09. The first-order valence-electron chi connectivity index (χ1n) is 5.39. The molecule has 5 heteroatoms. The molecule has 17 heavy (non-hydrogen) atoms. The third kappa shape index (κ3) is 3.14. The van der Waals surface area contributed by atoms with E-state index in [1.54, 1.807) is 10.9 Å². The number of carboxylic acid groups (broad SMARTS) is 1. The van der Waals surface area contributed by atoms with Gasteiger partial charge in [0.15, 0.2) is 0 Å². The van der Waals surface area contributed by atoms with Crippen molar-refractivity contribution in [1.82, 2.24) is 15.0 Å². The summed E-state index contributed by atoms with van der Waals surface area (Å²) in [5, 5.41) is 16.3.